The normalized spacial score (nSPS) is 12.2. The minimum Gasteiger partial charge on any atom is -0.506 e. The molecule has 0 aliphatic heterocycles. The summed E-state index contributed by atoms with van der Waals surface area (Å²) in [6, 6.07) is 7.29. The average molecular weight is 270 g/mol. The van der Waals surface area contributed by atoms with Crippen molar-refractivity contribution in [1.29, 1.82) is 5.26 Å². The van der Waals surface area contributed by atoms with E-state index in [1.54, 1.807) is 12.1 Å². The zero-order valence-corrected chi connectivity index (χ0v) is 11.7. The van der Waals surface area contributed by atoms with E-state index >= 15 is 0 Å². The van der Waals surface area contributed by atoms with Crippen molar-refractivity contribution in [2.24, 2.45) is 5.92 Å². The monoisotopic (exact) mass is 270 g/mol. The SMILES string of the molecule is CCC(C)CCc1ccc2c(O)c(C#N)c(=O)[nH]c2c1. The Morgan fingerprint density at radius 2 is 2.20 bits per heavy atom. The van der Waals surface area contributed by atoms with E-state index in [0.29, 0.717) is 16.8 Å². The molecule has 1 heterocycles. The van der Waals surface area contributed by atoms with E-state index in [4.69, 9.17) is 5.26 Å². The molecule has 0 radical (unpaired) electrons. The van der Waals surface area contributed by atoms with Crippen LogP contribution in [0.5, 0.6) is 5.75 Å². The van der Waals surface area contributed by atoms with Crippen LogP contribution in [0.2, 0.25) is 0 Å². The fourth-order valence-electron chi connectivity index (χ4n) is 2.20. The molecule has 0 aliphatic rings. The molecule has 104 valence electrons. The van der Waals surface area contributed by atoms with Gasteiger partial charge in [0.25, 0.3) is 5.56 Å². The van der Waals surface area contributed by atoms with Gasteiger partial charge in [-0.15, -0.1) is 0 Å². The van der Waals surface area contributed by atoms with E-state index in [1.807, 2.05) is 12.1 Å². The van der Waals surface area contributed by atoms with Crippen LogP contribution in [0.4, 0.5) is 0 Å². The van der Waals surface area contributed by atoms with E-state index in [-0.39, 0.29) is 11.3 Å². The lowest BCUT2D eigenvalue weighted by Crippen LogP contribution is -2.10. The number of rotatable bonds is 4. The Kier molecular flexibility index (Phi) is 4.09. The summed E-state index contributed by atoms with van der Waals surface area (Å²) in [5, 5.41) is 19.3. The largest absolute Gasteiger partial charge is 0.506 e. The van der Waals surface area contributed by atoms with Crippen LogP contribution in [0.25, 0.3) is 10.9 Å². The number of pyridine rings is 1. The number of hydrogen-bond donors (Lipinski definition) is 2. The molecule has 1 atom stereocenters. The smallest absolute Gasteiger partial charge is 0.270 e. The van der Waals surface area contributed by atoms with Crippen LogP contribution < -0.4 is 5.56 Å². The van der Waals surface area contributed by atoms with Gasteiger partial charge in [-0.25, -0.2) is 0 Å². The summed E-state index contributed by atoms with van der Waals surface area (Å²) in [5.41, 5.74) is 0.923. The van der Waals surface area contributed by atoms with Gasteiger partial charge in [0.05, 0.1) is 5.52 Å². The van der Waals surface area contributed by atoms with Crippen LogP contribution in [0.1, 0.15) is 37.8 Å². The van der Waals surface area contributed by atoms with Gasteiger partial charge in [-0.05, 0) is 36.5 Å². The van der Waals surface area contributed by atoms with Crippen LogP contribution in [0.3, 0.4) is 0 Å². The summed E-state index contributed by atoms with van der Waals surface area (Å²) < 4.78 is 0. The standard InChI is InChI=1S/C16H18N2O2/c1-3-10(2)4-5-11-6-7-12-14(8-11)18-16(20)13(9-17)15(12)19/h6-8,10H,3-5H2,1-2H3,(H2,18,19,20). The highest BCUT2D eigenvalue weighted by molar-refractivity contribution is 5.87. The summed E-state index contributed by atoms with van der Waals surface area (Å²) in [4.78, 5) is 14.3. The van der Waals surface area contributed by atoms with Crippen molar-refractivity contribution < 1.29 is 5.11 Å². The molecule has 4 heteroatoms. The van der Waals surface area contributed by atoms with E-state index in [1.165, 1.54) is 0 Å². The van der Waals surface area contributed by atoms with Gasteiger partial charge < -0.3 is 10.1 Å². The zero-order chi connectivity index (χ0) is 14.7. The van der Waals surface area contributed by atoms with Crippen LogP contribution >= 0.6 is 0 Å². The molecule has 2 N–H and O–H groups in total. The molecule has 0 saturated carbocycles. The molecule has 1 aromatic heterocycles. The fourth-order valence-corrected chi connectivity index (χ4v) is 2.20. The number of nitrogens with one attached hydrogen (secondary N) is 1. The average Bonchev–Trinajstić information content (AvgIpc) is 2.44. The maximum atomic E-state index is 11.7. The van der Waals surface area contributed by atoms with Crippen molar-refractivity contribution in [3.63, 3.8) is 0 Å². The number of hydrogen-bond acceptors (Lipinski definition) is 3. The molecule has 0 spiro atoms. The summed E-state index contributed by atoms with van der Waals surface area (Å²) in [6.07, 6.45) is 3.18. The van der Waals surface area contributed by atoms with Crippen LogP contribution in [-0.2, 0) is 6.42 Å². The lowest BCUT2D eigenvalue weighted by molar-refractivity contribution is 0.478. The van der Waals surface area contributed by atoms with Gasteiger partial charge in [-0.2, -0.15) is 5.26 Å². The Balaban J connectivity index is 2.41. The molecule has 4 nitrogen and oxygen atoms in total. The minimum absolute atomic E-state index is 0.232. The number of aromatic amines is 1. The van der Waals surface area contributed by atoms with Gasteiger partial charge in [0.1, 0.15) is 11.8 Å². The first-order chi connectivity index (χ1) is 9.56. The molecule has 0 aliphatic carbocycles. The Bertz CT molecular complexity index is 726. The molecule has 20 heavy (non-hydrogen) atoms. The summed E-state index contributed by atoms with van der Waals surface area (Å²) in [6.45, 7) is 4.39. The van der Waals surface area contributed by atoms with Gasteiger partial charge >= 0.3 is 0 Å². The lowest BCUT2D eigenvalue weighted by Gasteiger charge is -2.09. The first-order valence-corrected chi connectivity index (χ1v) is 6.84. The topological polar surface area (TPSA) is 76.9 Å². The third kappa shape index (κ3) is 2.67. The van der Waals surface area contributed by atoms with E-state index < -0.39 is 5.56 Å². The van der Waals surface area contributed by atoms with Gasteiger partial charge in [0.15, 0.2) is 5.56 Å². The second kappa shape index (κ2) is 5.79. The Hall–Kier alpha value is -2.28. The summed E-state index contributed by atoms with van der Waals surface area (Å²) in [5.74, 6) is 0.429. The molecule has 0 fully saturated rings. The van der Waals surface area contributed by atoms with Crippen LogP contribution in [0, 0.1) is 17.2 Å². The van der Waals surface area contributed by atoms with E-state index in [2.05, 4.69) is 18.8 Å². The summed E-state index contributed by atoms with van der Waals surface area (Å²) >= 11 is 0. The van der Waals surface area contributed by atoms with Crippen molar-refractivity contribution in [2.75, 3.05) is 0 Å². The predicted molar refractivity (Wildman–Crippen MR) is 78.7 cm³/mol. The van der Waals surface area contributed by atoms with Crippen molar-refractivity contribution in [3.05, 3.63) is 39.7 Å². The van der Waals surface area contributed by atoms with Crippen LogP contribution in [0.15, 0.2) is 23.0 Å². The Morgan fingerprint density at radius 3 is 2.85 bits per heavy atom. The molecular weight excluding hydrogens is 252 g/mol. The molecule has 1 unspecified atom stereocenters. The van der Waals surface area contributed by atoms with E-state index in [0.717, 1.165) is 24.8 Å². The molecule has 2 rings (SSSR count). The molecular formula is C16H18N2O2. The lowest BCUT2D eigenvalue weighted by atomic mass is 9.98. The molecule has 0 saturated heterocycles. The fraction of sp³-hybridized carbons (Fsp3) is 0.375. The van der Waals surface area contributed by atoms with E-state index in [9.17, 15) is 9.90 Å². The number of aromatic hydroxyl groups is 1. The maximum Gasteiger partial charge on any atom is 0.270 e. The minimum atomic E-state index is -0.545. The molecule has 1 aromatic carbocycles. The van der Waals surface area contributed by atoms with Gasteiger partial charge in [0.2, 0.25) is 0 Å². The Labute approximate surface area is 117 Å². The maximum absolute atomic E-state index is 11.7. The third-order valence-electron chi connectivity index (χ3n) is 3.79. The second-order valence-corrected chi connectivity index (χ2v) is 5.22. The number of aryl methyl sites for hydroxylation is 1. The van der Waals surface area contributed by atoms with Crippen molar-refractivity contribution in [1.82, 2.24) is 4.98 Å². The van der Waals surface area contributed by atoms with Crippen molar-refractivity contribution in [3.8, 4) is 11.8 Å². The number of fused-ring (bicyclic) bond motifs is 1. The number of nitriles is 1. The van der Waals surface area contributed by atoms with Crippen molar-refractivity contribution >= 4 is 10.9 Å². The van der Waals surface area contributed by atoms with Crippen LogP contribution in [-0.4, -0.2) is 10.1 Å². The molecule has 0 amide bonds. The van der Waals surface area contributed by atoms with Gasteiger partial charge in [-0.3, -0.25) is 4.79 Å². The first-order valence-electron chi connectivity index (χ1n) is 6.84. The molecule has 2 aromatic rings. The van der Waals surface area contributed by atoms with Gasteiger partial charge in [0, 0.05) is 5.39 Å². The quantitative estimate of drug-likeness (QED) is 0.896. The number of benzene rings is 1. The number of aromatic nitrogens is 1. The zero-order valence-electron chi connectivity index (χ0n) is 11.7. The summed E-state index contributed by atoms with van der Waals surface area (Å²) in [7, 11) is 0. The number of H-pyrrole nitrogens is 1. The predicted octanol–water partition coefficient (Wildman–Crippen LogP) is 3.08. The highest BCUT2D eigenvalue weighted by atomic mass is 16.3. The Morgan fingerprint density at radius 1 is 1.45 bits per heavy atom. The highest BCUT2D eigenvalue weighted by Gasteiger charge is 2.11. The number of nitrogens with zero attached hydrogens (tertiary/aromatic N) is 1. The van der Waals surface area contributed by atoms with Gasteiger partial charge in [-0.1, -0.05) is 26.3 Å². The van der Waals surface area contributed by atoms with Crippen molar-refractivity contribution in [2.45, 2.75) is 33.1 Å². The highest BCUT2D eigenvalue weighted by Crippen LogP contribution is 2.25. The first kappa shape index (κ1) is 14.1. The second-order valence-electron chi connectivity index (χ2n) is 5.22. The third-order valence-corrected chi connectivity index (χ3v) is 3.79. The molecule has 0 bridgehead atoms.